The van der Waals surface area contributed by atoms with Crippen LogP contribution in [0.25, 0.3) is 0 Å². The minimum Gasteiger partial charge on any atom is -0.396 e. The number of hydrogen-bond acceptors (Lipinski definition) is 2. The van der Waals surface area contributed by atoms with E-state index in [2.05, 4.69) is 6.92 Å². The van der Waals surface area contributed by atoms with Gasteiger partial charge in [0.15, 0.2) is 0 Å². The molecular weight excluding hydrogens is 176 g/mol. The van der Waals surface area contributed by atoms with Crippen LogP contribution in [0.15, 0.2) is 0 Å². The normalized spacial score (nSPS) is 15.4. The molecule has 0 saturated heterocycles. The van der Waals surface area contributed by atoms with E-state index in [4.69, 9.17) is 5.11 Å². The molecule has 0 aromatic rings. The molecule has 2 unspecified atom stereocenters. The SMILES string of the molecule is CCCCCCCC(O)CC(C)CO. The van der Waals surface area contributed by atoms with Gasteiger partial charge in [0.25, 0.3) is 0 Å². The van der Waals surface area contributed by atoms with Gasteiger partial charge in [-0.1, -0.05) is 46.0 Å². The zero-order valence-corrected chi connectivity index (χ0v) is 9.71. The summed E-state index contributed by atoms with van der Waals surface area (Å²) < 4.78 is 0. The van der Waals surface area contributed by atoms with E-state index in [-0.39, 0.29) is 18.6 Å². The number of hydrogen-bond donors (Lipinski definition) is 2. The van der Waals surface area contributed by atoms with E-state index in [9.17, 15) is 5.11 Å². The first-order valence-electron chi connectivity index (χ1n) is 5.99. The molecule has 2 nitrogen and oxygen atoms in total. The fourth-order valence-electron chi connectivity index (χ4n) is 1.64. The van der Waals surface area contributed by atoms with E-state index >= 15 is 0 Å². The van der Waals surface area contributed by atoms with Crippen molar-refractivity contribution in [1.82, 2.24) is 0 Å². The van der Waals surface area contributed by atoms with Crippen molar-refractivity contribution in [2.45, 2.75) is 64.9 Å². The van der Waals surface area contributed by atoms with Crippen molar-refractivity contribution in [3.8, 4) is 0 Å². The van der Waals surface area contributed by atoms with Gasteiger partial charge >= 0.3 is 0 Å². The van der Waals surface area contributed by atoms with Crippen LogP contribution < -0.4 is 0 Å². The predicted octanol–water partition coefficient (Wildman–Crippen LogP) is 2.73. The molecular formula is C12H26O2. The summed E-state index contributed by atoms with van der Waals surface area (Å²) in [6.45, 7) is 4.37. The second-order valence-electron chi connectivity index (χ2n) is 4.38. The molecule has 0 aliphatic rings. The first-order chi connectivity index (χ1) is 6.70. The molecule has 0 aliphatic carbocycles. The fourth-order valence-corrected chi connectivity index (χ4v) is 1.64. The zero-order valence-electron chi connectivity index (χ0n) is 9.71. The van der Waals surface area contributed by atoms with Crippen LogP contribution in [0.1, 0.15) is 58.8 Å². The molecule has 2 atom stereocenters. The third kappa shape index (κ3) is 8.52. The topological polar surface area (TPSA) is 40.5 Å². The summed E-state index contributed by atoms with van der Waals surface area (Å²) in [6.07, 6.45) is 7.65. The van der Waals surface area contributed by atoms with E-state index in [1.165, 1.54) is 25.7 Å². The summed E-state index contributed by atoms with van der Waals surface area (Å²) >= 11 is 0. The Morgan fingerprint density at radius 2 is 1.71 bits per heavy atom. The summed E-state index contributed by atoms with van der Waals surface area (Å²) in [5.41, 5.74) is 0. The smallest absolute Gasteiger partial charge is 0.0543 e. The number of aliphatic hydroxyl groups excluding tert-OH is 2. The third-order valence-corrected chi connectivity index (χ3v) is 2.63. The van der Waals surface area contributed by atoms with E-state index in [0.717, 1.165) is 19.3 Å². The van der Waals surface area contributed by atoms with Gasteiger partial charge in [-0.05, 0) is 18.8 Å². The van der Waals surface area contributed by atoms with Crippen LogP contribution >= 0.6 is 0 Å². The summed E-state index contributed by atoms with van der Waals surface area (Å²) in [4.78, 5) is 0. The molecule has 0 bridgehead atoms. The second-order valence-corrected chi connectivity index (χ2v) is 4.38. The molecule has 2 N–H and O–H groups in total. The lowest BCUT2D eigenvalue weighted by Gasteiger charge is -2.13. The van der Waals surface area contributed by atoms with Gasteiger partial charge < -0.3 is 10.2 Å². The van der Waals surface area contributed by atoms with Crippen LogP contribution in [0.4, 0.5) is 0 Å². The van der Waals surface area contributed by atoms with Crippen molar-refractivity contribution < 1.29 is 10.2 Å². The van der Waals surface area contributed by atoms with Crippen LogP contribution in [-0.2, 0) is 0 Å². The minimum atomic E-state index is -0.209. The number of unbranched alkanes of at least 4 members (excludes halogenated alkanes) is 4. The summed E-state index contributed by atoms with van der Waals surface area (Å²) in [5, 5.41) is 18.4. The maximum Gasteiger partial charge on any atom is 0.0543 e. The van der Waals surface area contributed by atoms with Crippen molar-refractivity contribution in [2.75, 3.05) is 6.61 Å². The van der Waals surface area contributed by atoms with Gasteiger partial charge in [0, 0.05) is 6.61 Å². The lowest BCUT2D eigenvalue weighted by molar-refractivity contribution is 0.112. The Morgan fingerprint density at radius 1 is 1.07 bits per heavy atom. The third-order valence-electron chi connectivity index (χ3n) is 2.63. The molecule has 86 valence electrons. The second kappa shape index (κ2) is 9.47. The first kappa shape index (κ1) is 13.9. The lowest BCUT2D eigenvalue weighted by atomic mass is 10.00. The highest BCUT2D eigenvalue weighted by atomic mass is 16.3. The maximum absolute atomic E-state index is 9.60. The average Bonchev–Trinajstić information content (AvgIpc) is 2.17. The Balaban J connectivity index is 3.22. The van der Waals surface area contributed by atoms with Gasteiger partial charge in [-0.15, -0.1) is 0 Å². The molecule has 0 aromatic heterocycles. The van der Waals surface area contributed by atoms with Crippen molar-refractivity contribution in [1.29, 1.82) is 0 Å². The lowest BCUT2D eigenvalue weighted by Crippen LogP contribution is -2.13. The van der Waals surface area contributed by atoms with Crippen molar-refractivity contribution in [3.05, 3.63) is 0 Å². The predicted molar refractivity (Wildman–Crippen MR) is 60.2 cm³/mol. The van der Waals surface area contributed by atoms with Crippen molar-refractivity contribution in [2.24, 2.45) is 5.92 Å². The highest BCUT2D eigenvalue weighted by Crippen LogP contribution is 2.12. The van der Waals surface area contributed by atoms with Crippen molar-refractivity contribution >= 4 is 0 Å². The zero-order chi connectivity index (χ0) is 10.8. The van der Waals surface area contributed by atoms with E-state index in [1.807, 2.05) is 6.92 Å². The van der Waals surface area contributed by atoms with Crippen LogP contribution in [0.2, 0.25) is 0 Å². The van der Waals surface area contributed by atoms with Gasteiger partial charge in [0.2, 0.25) is 0 Å². The molecule has 0 heterocycles. The standard InChI is InChI=1S/C12H26O2/c1-3-4-5-6-7-8-12(14)9-11(2)10-13/h11-14H,3-10H2,1-2H3. The molecule has 0 aromatic carbocycles. The van der Waals surface area contributed by atoms with Gasteiger partial charge in [-0.25, -0.2) is 0 Å². The molecule has 0 radical (unpaired) electrons. The molecule has 0 spiro atoms. The van der Waals surface area contributed by atoms with Crippen LogP contribution in [0, 0.1) is 5.92 Å². The Bertz CT molecular complexity index is 115. The highest BCUT2D eigenvalue weighted by molar-refractivity contribution is 4.60. The highest BCUT2D eigenvalue weighted by Gasteiger charge is 2.08. The van der Waals surface area contributed by atoms with Crippen LogP contribution in [-0.4, -0.2) is 22.9 Å². The van der Waals surface area contributed by atoms with Gasteiger partial charge in [-0.3, -0.25) is 0 Å². The summed E-state index contributed by atoms with van der Waals surface area (Å²) in [6, 6.07) is 0. The first-order valence-corrected chi connectivity index (χ1v) is 5.99. The monoisotopic (exact) mass is 202 g/mol. The van der Waals surface area contributed by atoms with Gasteiger partial charge in [0.1, 0.15) is 0 Å². The molecule has 2 heteroatoms. The number of rotatable bonds is 9. The summed E-state index contributed by atoms with van der Waals surface area (Å²) in [5.74, 6) is 0.237. The minimum absolute atomic E-state index is 0.187. The van der Waals surface area contributed by atoms with Gasteiger partial charge in [-0.2, -0.15) is 0 Å². The van der Waals surface area contributed by atoms with Crippen LogP contribution in [0.3, 0.4) is 0 Å². The fraction of sp³-hybridized carbons (Fsp3) is 1.00. The Kier molecular flexibility index (Phi) is 9.42. The van der Waals surface area contributed by atoms with Crippen LogP contribution in [0.5, 0.6) is 0 Å². The molecule has 0 rings (SSSR count). The quantitative estimate of drug-likeness (QED) is 0.564. The number of aliphatic hydroxyl groups is 2. The molecule has 14 heavy (non-hydrogen) atoms. The van der Waals surface area contributed by atoms with Gasteiger partial charge in [0.05, 0.1) is 6.10 Å². The molecule has 0 saturated carbocycles. The summed E-state index contributed by atoms with van der Waals surface area (Å²) in [7, 11) is 0. The van der Waals surface area contributed by atoms with Crippen molar-refractivity contribution in [3.63, 3.8) is 0 Å². The van der Waals surface area contributed by atoms with E-state index in [1.54, 1.807) is 0 Å². The van der Waals surface area contributed by atoms with E-state index in [0.29, 0.717) is 0 Å². The molecule has 0 fully saturated rings. The molecule has 0 amide bonds. The largest absolute Gasteiger partial charge is 0.396 e. The Hall–Kier alpha value is -0.0800. The Morgan fingerprint density at radius 3 is 2.29 bits per heavy atom. The average molecular weight is 202 g/mol. The maximum atomic E-state index is 9.60. The molecule has 0 aliphatic heterocycles. The Labute approximate surface area is 88.3 Å². The van der Waals surface area contributed by atoms with E-state index < -0.39 is 0 Å².